The summed E-state index contributed by atoms with van der Waals surface area (Å²) < 4.78 is 22.2. The van der Waals surface area contributed by atoms with E-state index in [-0.39, 0.29) is 5.78 Å². The van der Waals surface area contributed by atoms with Crippen LogP contribution in [0.3, 0.4) is 0 Å². The molecule has 0 fully saturated rings. The summed E-state index contributed by atoms with van der Waals surface area (Å²) in [4.78, 5) is 17.7. The van der Waals surface area contributed by atoms with Crippen molar-refractivity contribution in [3.8, 4) is 23.0 Å². The molecule has 7 heteroatoms. The molecule has 0 aliphatic heterocycles. The first-order valence-electron chi connectivity index (χ1n) is 12.1. The van der Waals surface area contributed by atoms with Crippen molar-refractivity contribution in [2.75, 3.05) is 33.7 Å². The highest BCUT2D eigenvalue weighted by molar-refractivity contribution is 8.04. The van der Waals surface area contributed by atoms with Gasteiger partial charge in [0.2, 0.25) is 5.75 Å². The van der Waals surface area contributed by atoms with Gasteiger partial charge in [0.25, 0.3) is 0 Å². The SMILES string of the molecule is COc1cc(C(=O)/C(=C/c2c[nH]c3ccccc23)SCCCCOc2ccccc2)cc(OC)c1OC. The Morgan fingerprint density at radius 1 is 0.892 bits per heavy atom. The Hall–Kier alpha value is -3.84. The van der Waals surface area contributed by atoms with Gasteiger partial charge in [0.1, 0.15) is 5.75 Å². The number of methoxy groups -OCH3 is 3. The highest BCUT2D eigenvalue weighted by atomic mass is 32.2. The third kappa shape index (κ3) is 6.49. The van der Waals surface area contributed by atoms with Gasteiger partial charge in [-0.05, 0) is 55.0 Å². The van der Waals surface area contributed by atoms with Crippen molar-refractivity contribution in [3.05, 3.63) is 89.0 Å². The average Bonchev–Trinajstić information content (AvgIpc) is 3.36. The molecule has 0 spiro atoms. The lowest BCUT2D eigenvalue weighted by Gasteiger charge is -2.14. The van der Waals surface area contributed by atoms with Gasteiger partial charge in [-0.2, -0.15) is 0 Å². The van der Waals surface area contributed by atoms with Crippen molar-refractivity contribution in [1.82, 2.24) is 4.98 Å². The summed E-state index contributed by atoms with van der Waals surface area (Å²) in [7, 11) is 4.63. The van der Waals surface area contributed by atoms with Crippen LogP contribution in [0.4, 0.5) is 0 Å². The molecule has 3 aromatic carbocycles. The first kappa shape index (κ1) is 26.2. The van der Waals surface area contributed by atoms with Crippen LogP contribution in [0, 0.1) is 0 Å². The third-order valence-corrected chi connectivity index (χ3v) is 6.97. The summed E-state index contributed by atoms with van der Waals surface area (Å²) in [6.45, 7) is 0.632. The summed E-state index contributed by atoms with van der Waals surface area (Å²) in [5.41, 5.74) is 2.46. The number of para-hydroxylation sites is 2. The zero-order chi connectivity index (χ0) is 26.0. The fourth-order valence-electron chi connectivity index (χ4n) is 3.97. The van der Waals surface area contributed by atoms with Crippen LogP contribution < -0.4 is 18.9 Å². The highest BCUT2D eigenvalue weighted by Gasteiger charge is 2.20. The number of hydrogen-bond donors (Lipinski definition) is 1. The Labute approximate surface area is 221 Å². The number of ketones is 1. The molecule has 0 radical (unpaired) electrons. The summed E-state index contributed by atoms with van der Waals surface area (Å²) in [6, 6.07) is 21.2. The number of H-pyrrole nitrogens is 1. The second kappa shape index (κ2) is 12.9. The van der Waals surface area contributed by atoms with E-state index in [0.717, 1.165) is 40.8 Å². The largest absolute Gasteiger partial charge is 0.494 e. The van der Waals surface area contributed by atoms with Gasteiger partial charge in [0.05, 0.1) is 32.8 Å². The number of nitrogens with one attached hydrogen (secondary N) is 1. The van der Waals surface area contributed by atoms with Gasteiger partial charge in [-0.1, -0.05) is 36.4 Å². The van der Waals surface area contributed by atoms with E-state index in [2.05, 4.69) is 4.98 Å². The summed E-state index contributed by atoms with van der Waals surface area (Å²) in [5, 5.41) is 1.06. The summed E-state index contributed by atoms with van der Waals surface area (Å²) >= 11 is 1.54. The van der Waals surface area contributed by atoms with E-state index in [1.165, 1.54) is 0 Å². The quantitative estimate of drug-likeness (QED) is 0.117. The number of rotatable bonds is 13. The molecule has 6 nitrogen and oxygen atoms in total. The smallest absolute Gasteiger partial charge is 0.203 e. The standard InChI is InChI=1S/C30H31NO5S/c1-33-26-17-21(18-27(34-2)30(26)35-3)29(32)28(19-22-20-31-25-14-8-7-13-24(22)25)37-16-10-9-15-36-23-11-5-4-6-12-23/h4-8,11-14,17-20,31H,9-10,15-16H2,1-3H3/b28-19-. The molecule has 0 aliphatic rings. The Morgan fingerprint density at radius 3 is 2.30 bits per heavy atom. The Morgan fingerprint density at radius 2 is 1.59 bits per heavy atom. The summed E-state index contributed by atoms with van der Waals surface area (Å²) in [5.74, 6) is 2.89. The predicted octanol–water partition coefficient (Wildman–Crippen LogP) is 7.01. The number of fused-ring (bicyclic) bond motifs is 1. The number of carbonyl (C=O) groups excluding carboxylic acids is 1. The van der Waals surface area contributed by atoms with Crippen molar-refractivity contribution >= 4 is 34.5 Å². The van der Waals surface area contributed by atoms with Crippen molar-refractivity contribution in [2.45, 2.75) is 12.8 Å². The molecular formula is C30H31NO5S. The van der Waals surface area contributed by atoms with E-state index in [0.29, 0.717) is 34.3 Å². The van der Waals surface area contributed by atoms with Gasteiger partial charge < -0.3 is 23.9 Å². The normalized spacial score (nSPS) is 11.4. The zero-order valence-electron chi connectivity index (χ0n) is 21.3. The molecule has 0 saturated carbocycles. The fraction of sp³-hybridized carbons (Fsp3) is 0.233. The molecule has 0 aliphatic carbocycles. The zero-order valence-corrected chi connectivity index (χ0v) is 22.1. The third-order valence-electron chi connectivity index (χ3n) is 5.87. The van der Waals surface area contributed by atoms with Crippen LogP contribution in [0.1, 0.15) is 28.8 Å². The molecule has 1 heterocycles. The number of ether oxygens (including phenoxy) is 4. The minimum absolute atomic E-state index is 0.102. The van der Waals surface area contributed by atoms with Gasteiger partial charge in [-0.3, -0.25) is 4.79 Å². The lowest BCUT2D eigenvalue weighted by molar-refractivity contribution is 0.104. The molecule has 0 bridgehead atoms. The average molecular weight is 518 g/mol. The van der Waals surface area contributed by atoms with Crippen molar-refractivity contribution in [1.29, 1.82) is 0 Å². The number of benzene rings is 3. The minimum atomic E-state index is -0.102. The maximum Gasteiger partial charge on any atom is 0.203 e. The maximum absolute atomic E-state index is 13.8. The van der Waals surface area contributed by atoms with Crippen molar-refractivity contribution in [3.63, 3.8) is 0 Å². The topological polar surface area (TPSA) is 69.8 Å². The first-order valence-corrected chi connectivity index (χ1v) is 13.1. The van der Waals surface area contributed by atoms with E-state index in [9.17, 15) is 4.79 Å². The molecule has 0 amide bonds. The van der Waals surface area contributed by atoms with Crippen LogP contribution in [0.25, 0.3) is 17.0 Å². The molecule has 4 aromatic rings. The maximum atomic E-state index is 13.8. The molecule has 1 aromatic heterocycles. The van der Waals surface area contributed by atoms with Gasteiger partial charge in [-0.25, -0.2) is 0 Å². The van der Waals surface area contributed by atoms with Crippen molar-refractivity contribution < 1.29 is 23.7 Å². The van der Waals surface area contributed by atoms with Crippen LogP contribution in [0.2, 0.25) is 0 Å². The van der Waals surface area contributed by atoms with Crippen LogP contribution >= 0.6 is 11.8 Å². The molecule has 4 rings (SSSR count). The second-order valence-corrected chi connectivity index (χ2v) is 9.40. The van der Waals surface area contributed by atoms with Crippen LogP contribution in [0.5, 0.6) is 23.0 Å². The Kier molecular flexibility index (Phi) is 9.16. The van der Waals surface area contributed by atoms with E-state index in [4.69, 9.17) is 18.9 Å². The van der Waals surface area contributed by atoms with Crippen LogP contribution in [-0.2, 0) is 0 Å². The molecule has 0 atom stereocenters. The Bertz CT molecular complexity index is 1340. The van der Waals surface area contributed by atoms with E-state index in [1.807, 2.05) is 66.9 Å². The second-order valence-electron chi connectivity index (χ2n) is 8.26. The lowest BCUT2D eigenvalue weighted by atomic mass is 10.1. The van der Waals surface area contributed by atoms with Crippen LogP contribution in [-0.4, -0.2) is 44.5 Å². The molecule has 192 valence electrons. The van der Waals surface area contributed by atoms with Crippen LogP contribution in [0.15, 0.2) is 77.8 Å². The number of aromatic nitrogens is 1. The van der Waals surface area contributed by atoms with E-state index in [1.54, 1.807) is 45.2 Å². The fourth-order valence-corrected chi connectivity index (χ4v) is 5.00. The number of Topliss-reactive ketones (excluding diaryl/α,β-unsaturated/α-hetero) is 1. The van der Waals surface area contributed by atoms with Gasteiger partial charge >= 0.3 is 0 Å². The molecular weight excluding hydrogens is 486 g/mol. The van der Waals surface area contributed by atoms with Gasteiger partial charge in [0.15, 0.2) is 17.3 Å². The number of allylic oxidation sites excluding steroid dienone is 1. The highest BCUT2D eigenvalue weighted by Crippen LogP contribution is 2.39. The van der Waals surface area contributed by atoms with E-state index >= 15 is 0 Å². The molecule has 0 saturated heterocycles. The molecule has 0 unspecified atom stereocenters. The number of aromatic amines is 1. The number of unbranched alkanes of at least 4 members (excludes halogenated alkanes) is 1. The predicted molar refractivity (Wildman–Crippen MR) is 150 cm³/mol. The first-order chi connectivity index (χ1) is 18.1. The van der Waals surface area contributed by atoms with E-state index < -0.39 is 0 Å². The lowest BCUT2D eigenvalue weighted by Crippen LogP contribution is -2.05. The monoisotopic (exact) mass is 517 g/mol. The number of hydrogen-bond acceptors (Lipinski definition) is 6. The number of carbonyl (C=O) groups is 1. The Balaban J connectivity index is 1.54. The minimum Gasteiger partial charge on any atom is -0.494 e. The van der Waals surface area contributed by atoms with Gasteiger partial charge in [0, 0.05) is 28.2 Å². The summed E-state index contributed by atoms with van der Waals surface area (Å²) in [6.07, 6.45) is 5.68. The molecule has 1 N–H and O–H groups in total. The number of thioether (sulfide) groups is 1. The molecule has 37 heavy (non-hydrogen) atoms. The van der Waals surface area contributed by atoms with Crippen molar-refractivity contribution in [2.24, 2.45) is 0 Å². The van der Waals surface area contributed by atoms with Gasteiger partial charge in [-0.15, -0.1) is 11.8 Å².